The quantitative estimate of drug-likeness (QED) is 0.554. The first kappa shape index (κ1) is 11.1. The summed E-state index contributed by atoms with van der Waals surface area (Å²) >= 11 is 0. The van der Waals surface area contributed by atoms with Gasteiger partial charge in [0.25, 0.3) is 0 Å². The molecule has 3 nitrogen and oxygen atoms in total. The predicted molar refractivity (Wildman–Crippen MR) is 55.9 cm³/mol. The van der Waals surface area contributed by atoms with Crippen molar-refractivity contribution in [3.8, 4) is 5.75 Å². The molecule has 0 saturated heterocycles. The fourth-order valence-electron chi connectivity index (χ4n) is 0.978. The van der Waals surface area contributed by atoms with E-state index in [2.05, 4.69) is 6.92 Å². The minimum atomic E-state index is -1.16. The maximum absolute atomic E-state index is 9.28. The van der Waals surface area contributed by atoms with Gasteiger partial charge in [0, 0.05) is 6.61 Å². The maximum Gasteiger partial charge on any atom is 0.710 e. The first-order chi connectivity index (χ1) is 6.83. The minimum Gasteiger partial charge on any atom is -0.512 e. The highest BCUT2D eigenvalue weighted by atomic mass is 16.7. The standard InChI is InChI=1S/C10H15BO3/c1-2-3-9-13-11(12)14-10-7-5-4-6-8-10/h4-8,12H,2-3,9H2,1H3. The summed E-state index contributed by atoms with van der Waals surface area (Å²) in [6, 6.07) is 9.11. The van der Waals surface area contributed by atoms with E-state index in [9.17, 15) is 5.02 Å². The summed E-state index contributed by atoms with van der Waals surface area (Å²) in [4.78, 5) is 0. The van der Waals surface area contributed by atoms with Gasteiger partial charge in [0.15, 0.2) is 0 Å². The molecule has 0 fully saturated rings. The number of hydrogen-bond acceptors (Lipinski definition) is 3. The summed E-state index contributed by atoms with van der Waals surface area (Å²) in [7, 11) is -1.16. The normalized spacial score (nSPS) is 9.86. The molecule has 0 unspecified atom stereocenters. The van der Waals surface area contributed by atoms with Crippen molar-refractivity contribution >= 4 is 7.32 Å². The Hall–Kier alpha value is -0.995. The molecule has 0 aliphatic carbocycles. The Kier molecular flexibility index (Phi) is 5.11. The first-order valence-electron chi connectivity index (χ1n) is 4.84. The Morgan fingerprint density at radius 2 is 2.00 bits per heavy atom. The summed E-state index contributed by atoms with van der Waals surface area (Å²) in [6.07, 6.45) is 1.97. The van der Waals surface area contributed by atoms with E-state index < -0.39 is 7.32 Å². The molecule has 0 aliphatic rings. The molecule has 1 N–H and O–H groups in total. The van der Waals surface area contributed by atoms with Crippen LogP contribution >= 0.6 is 0 Å². The third-order valence-electron chi connectivity index (χ3n) is 1.74. The van der Waals surface area contributed by atoms with Gasteiger partial charge < -0.3 is 14.3 Å². The second kappa shape index (κ2) is 6.46. The lowest BCUT2D eigenvalue weighted by Crippen LogP contribution is -2.26. The summed E-state index contributed by atoms with van der Waals surface area (Å²) in [5.41, 5.74) is 0. The largest absolute Gasteiger partial charge is 0.710 e. The van der Waals surface area contributed by atoms with Crippen LogP contribution in [-0.2, 0) is 4.65 Å². The van der Waals surface area contributed by atoms with Crippen molar-refractivity contribution in [2.24, 2.45) is 0 Å². The second-order valence-electron chi connectivity index (χ2n) is 2.96. The molecule has 1 aromatic rings. The zero-order valence-corrected chi connectivity index (χ0v) is 8.35. The molecule has 0 amide bonds. The number of hydrogen-bond donors (Lipinski definition) is 1. The van der Waals surface area contributed by atoms with Crippen LogP contribution < -0.4 is 4.65 Å². The Morgan fingerprint density at radius 3 is 2.64 bits per heavy atom. The zero-order chi connectivity index (χ0) is 10.2. The van der Waals surface area contributed by atoms with E-state index >= 15 is 0 Å². The molecule has 1 rings (SSSR count). The summed E-state index contributed by atoms with van der Waals surface area (Å²) in [6.45, 7) is 2.58. The Labute approximate surface area is 84.8 Å². The molecule has 1 aromatic carbocycles. The smallest absolute Gasteiger partial charge is 0.512 e. The van der Waals surface area contributed by atoms with Crippen molar-refractivity contribution in [2.75, 3.05) is 6.61 Å². The average Bonchev–Trinajstić information content (AvgIpc) is 2.20. The van der Waals surface area contributed by atoms with Crippen LogP contribution in [0.1, 0.15) is 19.8 Å². The first-order valence-corrected chi connectivity index (χ1v) is 4.84. The molecule has 0 saturated carbocycles. The van der Waals surface area contributed by atoms with Gasteiger partial charge in [-0.15, -0.1) is 0 Å². The lowest BCUT2D eigenvalue weighted by Gasteiger charge is -2.08. The maximum atomic E-state index is 9.28. The third-order valence-corrected chi connectivity index (χ3v) is 1.74. The molecule has 0 bridgehead atoms. The second-order valence-corrected chi connectivity index (χ2v) is 2.96. The van der Waals surface area contributed by atoms with Gasteiger partial charge in [0.05, 0.1) is 0 Å². The highest BCUT2D eigenvalue weighted by Crippen LogP contribution is 2.09. The Morgan fingerprint density at radius 1 is 1.29 bits per heavy atom. The van der Waals surface area contributed by atoms with Crippen LogP contribution in [0.4, 0.5) is 0 Å². The van der Waals surface area contributed by atoms with Gasteiger partial charge in [-0.05, 0) is 18.6 Å². The van der Waals surface area contributed by atoms with Crippen molar-refractivity contribution in [3.05, 3.63) is 30.3 Å². The van der Waals surface area contributed by atoms with Gasteiger partial charge in [-0.3, -0.25) is 0 Å². The third kappa shape index (κ3) is 4.30. The monoisotopic (exact) mass is 194 g/mol. The Balaban J connectivity index is 2.23. The van der Waals surface area contributed by atoms with Crippen molar-refractivity contribution in [3.63, 3.8) is 0 Å². The van der Waals surface area contributed by atoms with Gasteiger partial charge in [-0.25, -0.2) is 0 Å². The van der Waals surface area contributed by atoms with Gasteiger partial charge in [-0.1, -0.05) is 31.5 Å². The molecule has 14 heavy (non-hydrogen) atoms. The van der Waals surface area contributed by atoms with Crippen LogP contribution in [0.5, 0.6) is 5.75 Å². The SMILES string of the molecule is CCCCOB(O)Oc1ccccc1. The van der Waals surface area contributed by atoms with Crippen LogP contribution in [0.15, 0.2) is 30.3 Å². The fraction of sp³-hybridized carbons (Fsp3) is 0.400. The van der Waals surface area contributed by atoms with E-state index in [0.29, 0.717) is 12.4 Å². The molecule has 0 spiro atoms. The molecule has 0 atom stereocenters. The van der Waals surface area contributed by atoms with Crippen LogP contribution in [0.25, 0.3) is 0 Å². The van der Waals surface area contributed by atoms with Gasteiger partial charge in [0.2, 0.25) is 0 Å². The summed E-state index contributed by atoms with van der Waals surface area (Å²) in [5, 5.41) is 9.28. The highest BCUT2D eigenvalue weighted by Gasteiger charge is 2.17. The van der Waals surface area contributed by atoms with Crippen LogP contribution in [0.2, 0.25) is 0 Å². The average molecular weight is 194 g/mol. The zero-order valence-electron chi connectivity index (χ0n) is 8.35. The lowest BCUT2D eigenvalue weighted by molar-refractivity contribution is 0.190. The molecule has 0 radical (unpaired) electrons. The van der Waals surface area contributed by atoms with E-state index in [1.165, 1.54) is 0 Å². The fourth-order valence-corrected chi connectivity index (χ4v) is 0.978. The van der Waals surface area contributed by atoms with E-state index in [4.69, 9.17) is 9.31 Å². The van der Waals surface area contributed by atoms with Crippen LogP contribution in [0, 0.1) is 0 Å². The van der Waals surface area contributed by atoms with Gasteiger partial charge in [-0.2, -0.15) is 0 Å². The predicted octanol–water partition coefficient (Wildman–Crippen LogP) is 1.86. The highest BCUT2D eigenvalue weighted by molar-refractivity contribution is 6.35. The summed E-state index contributed by atoms with van der Waals surface area (Å²) in [5.74, 6) is 0.608. The Bertz CT molecular complexity index is 240. The number of rotatable bonds is 6. The van der Waals surface area contributed by atoms with E-state index in [1.807, 2.05) is 18.2 Å². The van der Waals surface area contributed by atoms with Crippen molar-refractivity contribution < 1.29 is 14.3 Å². The van der Waals surface area contributed by atoms with Crippen LogP contribution in [-0.4, -0.2) is 19.0 Å². The van der Waals surface area contributed by atoms with Crippen molar-refractivity contribution in [1.29, 1.82) is 0 Å². The van der Waals surface area contributed by atoms with E-state index in [0.717, 1.165) is 12.8 Å². The summed E-state index contributed by atoms with van der Waals surface area (Å²) < 4.78 is 10.1. The number of unbranched alkanes of at least 4 members (excludes halogenated alkanes) is 1. The number of benzene rings is 1. The van der Waals surface area contributed by atoms with Gasteiger partial charge >= 0.3 is 7.32 Å². The lowest BCUT2D eigenvalue weighted by atomic mass is 10.2. The van der Waals surface area contributed by atoms with Gasteiger partial charge in [0.1, 0.15) is 5.75 Å². The molecule has 0 aliphatic heterocycles. The van der Waals surface area contributed by atoms with Crippen molar-refractivity contribution in [2.45, 2.75) is 19.8 Å². The molecule has 0 aromatic heterocycles. The number of para-hydroxylation sites is 1. The van der Waals surface area contributed by atoms with E-state index in [1.54, 1.807) is 12.1 Å². The molecule has 76 valence electrons. The molecular formula is C10H15BO3. The topological polar surface area (TPSA) is 38.7 Å². The van der Waals surface area contributed by atoms with Crippen molar-refractivity contribution in [1.82, 2.24) is 0 Å². The minimum absolute atomic E-state index is 0.518. The van der Waals surface area contributed by atoms with Crippen LogP contribution in [0.3, 0.4) is 0 Å². The van der Waals surface area contributed by atoms with E-state index in [-0.39, 0.29) is 0 Å². The molecular weight excluding hydrogens is 179 g/mol. The molecule has 4 heteroatoms. The molecule has 0 heterocycles.